The summed E-state index contributed by atoms with van der Waals surface area (Å²) >= 11 is 0. The fraction of sp³-hybridized carbons (Fsp3) is 0.417. The van der Waals surface area contributed by atoms with Crippen molar-refractivity contribution in [1.29, 1.82) is 0 Å². The summed E-state index contributed by atoms with van der Waals surface area (Å²) in [7, 11) is 0. The Kier molecular flexibility index (Phi) is 6.34. The first-order valence-corrected chi connectivity index (χ1v) is 10.3. The smallest absolute Gasteiger partial charge is 0.294 e. The number of hydrogen-bond acceptors (Lipinski definition) is 4. The maximum atomic E-state index is 12.7. The molecule has 1 aromatic heterocycles. The number of aryl methyl sites for hydroxylation is 1. The molecule has 2 amide bonds. The highest BCUT2D eigenvalue weighted by Crippen LogP contribution is 2.23. The van der Waals surface area contributed by atoms with Gasteiger partial charge in [-0.25, -0.2) is 4.98 Å². The van der Waals surface area contributed by atoms with Crippen LogP contribution in [-0.2, 0) is 15.0 Å². The lowest BCUT2D eigenvalue weighted by molar-refractivity contribution is -0.130. The number of nitrogens with one attached hydrogen (secondary N) is 1. The molecule has 6 heteroatoms. The third-order valence-electron chi connectivity index (χ3n) is 5.53. The maximum Gasteiger partial charge on any atom is 0.294 e. The second kappa shape index (κ2) is 8.78. The van der Waals surface area contributed by atoms with Gasteiger partial charge in [0.05, 0.1) is 0 Å². The molecule has 0 bridgehead atoms. The third-order valence-corrected chi connectivity index (χ3v) is 5.53. The summed E-state index contributed by atoms with van der Waals surface area (Å²) in [5.41, 5.74) is 2.52. The molecule has 0 unspecified atom stereocenters. The molecule has 1 aromatic carbocycles. The van der Waals surface area contributed by atoms with Crippen molar-refractivity contribution in [3.8, 4) is 0 Å². The summed E-state index contributed by atoms with van der Waals surface area (Å²) in [5, 5.41) is 2.84. The van der Waals surface area contributed by atoms with Crippen molar-refractivity contribution in [3.63, 3.8) is 0 Å². The van der Waals surface area contributed by atoms with E-state index >= 15 is 0 Å². The van der Waals surface area contributed by atoms with Crippen LogP contribution in [0.25, 0.3) is 0 Å². The van der Waals surface area contributed by atoms with Gasteiger partial charge in [0.2, 0.25) is 11.7 Å². The number of amides is 2. The lowest BCUT2D eigenvalue weighted by Crippen LogP contribution is -2.44. The minimum Gasteiger partial charge on any atom is -0.336 e. The van der Waals surface area contributed by atoms with Gasteiger partial charge in [-0.15, -0.1) is 0 Å². The number of Topliss-reactive ketones (excluding diaryl/α,β-unsaturated/α-hetero) is 1. The van der Waals surface area contributed by atoms with E-state index in [1.807, 2.05) is 31.2 Å². The van der Waals surface area contributed by atoms with Crippen LogP contribution in [0.5, 0.6) is 0 Å². The van der Waals surface area contributed by atoms with Gasteiger partial charge < -0.3 is 10.2 Å². The number of carbonyl (C=O) groups is 3. The molecule has 0 saturated carbocycles. The number of benzene rings is 1. The van der Waals surface area contributed by atoms with E-state index < -0.39 is 11.7 Å². The van der Waals surface area contributed by atoms with E-state index in [4.69, 9.17) is 0 Å². The third kappa shape index (κ3) is 5.12. The Morgan fingerprint density at radius 2 is 1.67 bits per heavy atom. The van der Waals surface area contributed by atoms with E-state index in [1.54, 1.807) is 23.2 Å². The number of aromatic nitrogens is 1. The van der Waals surface area contributed by atoms with Crippen molar-refractivity contribution in [2.24, 2.45) is 5.92 Å². The zero-order chi connectivity index (χ0) is 21.9. The summed E-state index contributed by atoms with van der Waals surface area (Å²) in [6, 6.07) is 10.9. The van der Waals surface area contributed by atoms with Gasteiger partial charge in [-0.2, -0.15) is 0 Å². The molecule has 1 aliphatic heterocycles. The Hall–Kier alpha value is -3.02. The first-order valence-electron chi connectivity index (χ1n) is 10.3. The van der Waals surface area contributed by atoms with Gasteiger partial charge in [-0.3, -0.25) is 14.4 Å². The van der Waals surface area contributed by atoms with Crippen LogP contribution in [0.1, 0.15) is 55.1 Å². The summed E-state index contributed by atoms with van der Waals surface area (Å²) in [6.07, 6.45) is 2.71. The average Bonchev–Trinajstić information content (AvgIpc) is 2.72. The SMILES string of the molecule is Cc1ccnc(NC(=O)C2CCN(C(=O)C(=O)c3ccc(C(C)(C)C)cc3)CC2)c1. The van der Waals surface area contributed by atoms with Gasteiger partial charge in [0, 0.05) is 30.8 Å². The zero-order valence-electron chi connectivity index (χ0n) is 18.1. The van der Waals surface area contributed by atoms with Crippen LogP contribution in [0.15, 0.2) is 42.6 Å². The molecule has 0 aliphatic carbocycles. The number of pyridine rings is 1. The largest absolute Gasteiger partial charge is 0.336 e. The molecule has 158 valence electrons. The number of anilines is 1. The normalized spacial score (nSPS) is 15.0. The highest BCUT2D eigenvalue weighted by atomic mass is 16.2. The molecule has 2 aromatic rings. The van der Waals surface area contributed by atoms with E-state index in [2.05, 4.69) is 31.1 Å². The van der Waals surface area contributed by atoms with E-state index in [9.17, 15) is 14.4 Å². The highest BCUT2D eigenvalue weighted by Gasteiger charge is 2.30. The summed E-state index contributed by atoms with van der Waals surface area (Å²) in [5.74, 6) is -0.755. The Balaban J connectivity index is 1.55. The summed E-state index contributed by atoms with van der Waals surface area (Å²) in [4.78, 5) is 43.5. The predicted molar refractivity (Wildman–Crippen MR) is 116 cm³/mol. The predicted octanol–water partition coefficient (Wildman–Crippen LogP) is 3.75. The van der Waals surface area contributed by atoms with Crippen molar-refractivity contribution >= 4 is 23.4 Å². The number of nitrogens with zero attached hydrogens (tertiary/aromatic N) is 2. The van der Waals surface area contributed by atoms with Gasteiger partial charge in [0.15, 0.2) is 0 Å². The maximum absolute atomic E-state index is 12.7. The quantitative estimate of drug-likeness (QED) is 0.618. The highest BCUT2D eigenvalue weighted by molar-refractivity contribution is 6.42. The van der Waals surface area contributed by atoms with Crippen molar-refractivity contribution in [3.05, 3.63) is 59.3 Å². The molecule has 1 aliphatic rings. The van der Waals surface area contributed by atoms with Gasteiger partial charge in [-0.05, 0) is 48.4 Å². The van der Waals surface area contributed by atoms with Crippen LogP contribution in [0.4, 0.5) is 5.82 Å². The van der Waals surface area contributed by atoms with Gasteiger partial charge in [0.25, 0.3) is 5.91 Å². The van der Waals surface area contributed by atoms with Gasteiger partial charge >= 0.3 is 0 Å². The Morgan fingerprint density at radius 1 is 1.03 bits per heavy atom. The number of rotatable bonds is 4. The van der Waals surface area contributed by atoms with Crippen LogP contribution in [0.2, 0.25) is 0 Å². The Morgan fingerprint density at radius 3 is 2.23 bits per heavy atom. The Labute approximate surface area is 177 Å². The van der Waals surface area contributed by atoms with Crippen molar-refractivity contribution in [2.45, 2.75) is 46.0 Å². The molecule has 1 N–H and O–H groups in total. The fourth-order valence-corrected chi connectivity index (χ4v) is 3.57. The lowest BCUT2D eigenvalue weighted by Gasteiger charge is -2.30. The number of carbonyl (C=O) groups excluding carboxylic acids is 3. The topological polar surface area (TPSA) is 79.4 Å². The minimum absolute atomic E-state index is 0.0119. The number of hydrogen-bond donors (Lipinski definition) is 1. The molecule has 1 fully saturated rings. The standard InChI is InChI=1S/C24H29N3O3/c1-16-9-12-25-20(15-16)26-22(29)18-10-13-27(14-11-18)23(30)21(28)17-5-7-19(8-6-17)24(2,3)4/h5-9,12,15,18H,10-11,13-14H2,1-4H3,(H,25,26,29). The molecule has 3 rings (SSSR count). The molecule has 1 saturated heterocycles. The van der Waals surface area contributed by atoms with Crippen LogP contribution in [-0.4, -0.2) is 40.6 Å². The van der Waals surface area contributed by atoms with Crippen LogP contribution in [0.3, 0.4) is 0 Å². The van der Waals surface area contributed by atoms with E-state index in [0.29, 0.717) is 37.3 Å². The minimum atomic E-state index is -0.502. The number of ketones is 1. The molecule has 30 heavy (non-hydrogen) atoms. The van der Waals surface area contributed by atoms with Gasteiger partial charge in [0.1, 0.15) is 5.82 Å². The van der Waals surface area contributed by atoms with Crippen LogP contribution < -0.4 is 5.32 Å². The number of likely N-dealkylation sites (tertiary alicyclic amines) is 1. The van der Waals surface area contributed by atoms with Gasteiger partial charge in [-0.1, -0.05) is 45.0 Å². The molecule has 0 spiro atoms. The Bertz CT molecular complexity index is 937. The second-order valence-electron chi connectivity index (χ2n) is 8.93. The monoisotopic (exact) mass is 407 g/mol. The zero-order valence-corrected chi connectivity index (χ0v) is 18.1. The van der Waals surface area contributed by atoms with Crippen LogP contribution in [0, 0.1) is 12.8 Å². The molecular formula is C24H29N3O3. The van der Waals surface area contributed by atoms with E-state index in [0.717, 1.165) is 11.1 Å². The molecule has 2 heterocycles. The van der Waals surface area contributed by atoms with E-state index in [-0.39, 0.29) is 17.2 Å². The van der Waals surface area contributed by atoms with Crippen LogP contribution >= 0.6 is 0 Å². The van der Waals surface area contributed by atoms with Crippen molar-refractivity contribution in [1.82, 2.24) is 9.88 Å². The molecule has 0 atom stereocenters. The average molecular weight is 408 g/mol. The van der Waals surface area contributed by atoms with Crippen molar-refractivity contribution in [2.75, 3.05) is 18.4 Å². The summed E-state index contributed by atoms with van der Waals surface area (Å²) < 4.78 is 0. The molecular weight excluding hydrogens is 378 g/mol. The van der Waals surface area contributed by atoms with Crippen molar-refractivity contribution < 1.29 is 14.4 Å². The number of piperidine rings is 1. The first kappa shape index (κ1) is 21.7. The lowest BCUT2D eigenvalue weighted by atomic mass is 9.86. The molecule has 0 radical (unpaired) electrons. The fourth-order valence-electron chi connectivity index (χ4n) is 3.57. The molecule has 6 nitrogen and oxygen atoms in total. The first-order chi connectivity index (χ1) is 14.1. The van der Waals surface area contributed by atoms with E-state index in [1.165, 1.54) is 0 Å². The second-order valence-corrected chi connectivity index (χ2v) is 8.93. The summed E-state index contributed by atoms with van der Waals surface area (Å²) in [6.45, 7) is 9.03.